The molecule has 0 aliphatic heterocycles. The van der Waals surface area contributed by atoms with Gasteiger partial charge in [-0.05, 0) is 0 Å². The van der Waals surface area contributed by atoms with E-state index in [0.29, 0.717) is 16.9 Å². The summed E-state index contributed by atoms with van der Waals surface area (Å²) in [6.45, 7) is 0. The van der Waals surface area contributed by atoms with Gasteiger partial charge in [0.15, 0.2) is 11.5 Å². The molecule has 0 bridgehead atoms. The first-order valence-corrected chi connectivity index (χ1v) is 4.12. The number of nitrogens with two attached hydrogens (primary N) is 1. The van der Waals surface area contributed by atoms with Crippen LogP contribution in [0.4, 0.5) is 10.6 Å². The van der Waals surface area contributed by atoms with Gasteiger partial charge in [-0.2, -0.15) is 5.10 Å². The Morgan fingerprint density at radius 1 is 1.53 bits per heavy atom. The molecule has 0 fully saturated rings. The second kappa shape index (κ2) is 3.40. The molecule has 0 saturated carbocycles. The molecule has 8 nitrogen and oxygen atoms in total. The van der Waals surface area contributed by atoms with E-state index < -0.39 is 6.03 Å². The lowest BCUT2D eigenvalue weighted by Crippen LogP contribution is -2.34. The number of anilines is 1. The summed E-state index contributed by atoms with van der Waals surface area (Å²) >= 11 is 0. The second-order valence-electron chi connectivity index (χ2n) is 2.84. The number of amides is 2. The van der Waals surface area contributed by atoms with E-state index in [9.17, 15) is 4.79 Å². The van der Waals surface area contributed by atoms with Crippen LogP contribution in [0.1, 0.15) is 0 Å². The van der Waals surface area contributed by atoms with Crippen LogP contribution >= 0.6 is 0 Å². The van der Waals surface area contributed by atoms with Gasteiger partial charge in [-0.3, -0.25) is 15.5 Å². The first-order chi connectivity index (χ1) is 7.18. The fourth-order valence-corrected chi connectivity index (χ4v) is 1.18. The number of hydrazine groups is 1. The number of fused-ring (bicyclic) bond motifs is 1. The number of hydrogen-bond acceptors (Lipinski definition) is 5. The van der Waals surface area contributed by atoms with Crippen LogP contribution < -0.4 is 16.6 Å². The number of hydrogen-bond donors (Lipinski definition) is 3. The predicted octanol–water partition coefficient (Wildman–Crippen LogP) is -0.641. The molecule has 0 atom stereocenters. The minimum Gasteiger partial charge on any atom is -0.350 e. The van der Waals surface area contributed by atoms with Crippen molar-refractivity contribution < 1.29 is 4.79 Å². The molecular weight excluding hydrogens is 198 g/mol. The number of carbonyl (C=O) groups is 1. The van der Waals surface area contributed by atoms with E-state index in [1.54, 1.807) is 17.9 Å². The van der Waals surface area contributed by atoms with E-state index >= 15 is 0 Å². The molecule has 78 valence electrons. The molecule has 2 aromatic rings. The summed E-state index contributed by atoms with van der Waals surface area (Å²) in [4.78, 5) is 18.5. The van der Waals surface area contributed by atoms with Crippen LogP contribution in [-0.2, 0) is 7.05 Å². The maximum absolute atomic E-state index is 10.5. The molecule has 0 aliphatic carbocycles. The normalized spacial score (nSPS) is 10.2. The molecule has 0 aliphatic rings. The van der Waals surface area contributed by atoms with Crippen molar-refractivity contribution in [1.82, 2.24) is 25.2 Å². The van der Waals surface area contributed by atoms with Crippen molar-refractivity contribution in [3.05, 3.63) is 12.5 Å². The Morgan fingerprint density at radius 3 is 3.07 bits per heavy atom. The molecule has 0 spiro atoms. The van der Waals surface area contributed by atoms with Crippen LogP contribution in [0.5, 0.6) is 0 Å². The molecular formula is C7H9N7O. The summed E-state index contributed by atoms with van der Waals surface area (Å²) in [6.07, 6.45) is 2.97. The van der Waals surface area contributed by atoms with Gasteiger partial charge in [-0.1, -0.05) is 0 Å². The molecule has 0 saturated heterocycles. The van der Waals surface area contributed by atoms with Crippen molar-refractivity contribution in [3.63, 3.8) is 0 Å². The first-order valence-electron chi connectivity index (χ1n) is 4.12. The average molecular weight is 207 g/mol. The molecule has 0 unspecified atom stereocenters. The predicted molar refractivity (Wildman–Crippen MR) is 52.6 cm³/mol. The Balaban J connectivity index is 2.38. The van der Waals surface area contributed by atoms with Gasteiger partial charge in [-0.15, -0.1) is 0 Å². The van der Waals surface area contributed by atoms with Gasteiger partial charge in [0, 0.05) is 7.05 Å². The first kappa shape index (κ1) is 9.19. The Hall–Kier alpha value is -2.38. The highest BCUT2D eigenvalue weighted by Crippen LogP contribution is 2.16. The fourth-order valence-electron chi connectivity index (χ4n) is 1.18. The summed E-state index contributed by atoms with van der Waals surface area (Å²) < 4.78 is 1.60. The third kappa shape index (κ3) is 1.64. The second-order valence-corrected chi connectivity index (χ2v) is 2.84. The zero-order valence-corrected chi connectivity index (χ0v) is 7.93. The summed E-state index contributed by atoms with van der Waals surface area (Å²) in [6, 6.07) is -0.689. The van der Waals surface area contributed by atoms with Gasteiger partial charge < -0.3 is 5.73 Å². The summed E-state index contributed by atoms with van der Waals surface area (Å²) in [5.41, 5.74) is 10.4. The van der Waals surface area contributed by atoms with Gasteiger partial charge in [0.05, 0.1) is 11.6 Å². The van der Waals surface area contributed by atoms with Crippen molar-refractivity contribution in [1.29, 1.82) is 0 Å². The van der Waals surface area contributed by atoms with Crippen molar-refractivity contribution in [2.24, 2.45) is 12.8 Å². The molecule has 2 rings (SSSR count). The number of urea groups is 1. The summed E-state index contributed by atoms with van der Waals surface area (Å²) in [7, 11) is 1.76. The van der Waals surface area contributed by atoms with Gasteiger partial charge in [0.1, 0.15) is 6.33 Å². The van der Waals surface area contributed by atoms with Gasteiger partial charge in [0.25, 0.3) is 0 Å². The number of nitrogens with one attached hydrogen (secondary N) is 2. The minimum atomic E-state index is -0.689. The Bertz CT molecular complexity index is 505. The maximum Gasteiger partial charge on any atom is 0.330 e. The molecule has 0 aromatic carbocycles. The van der Waals surface area contributed by atoms with Gasteiger partial charge in [0.2, 0.25) is 0 Å². The largest absolute Gasteiger partial charge is 0.350 e. The zero-order valence-electron chi connectivity index (χ0n) is 7.93. The van der Waals surface area contributed by atoms with E-state index in [1.165, 1.54) is 6.33 Å². The van der Waals surface area contributed by atoms with Crippen LogP contribution in [0.2, 0.25) is 0 Å². The highest BCUT2D eigenvalue weighted by atomic mass is 16.2. The maximum atomic E-state index is 10.5. The number of primary amides is 1. The molecule has 0 radical (unpaired) electrons. The molecule has 2 amide bonds. The lowest BCUT2D eigenvalue weighted by molar-refractivity contribution is 0.250. The third-order valence-electron chi connectivity index (χ3n) is 1.83. The van der Waals surface area contributed by atoms with E-state index in [-0.39, 0.29) is 0 Å². The van der Waals surface area contributed by atoms with Crippen LogP contribution in [0.25, 0.3) is 11.0 Å². The smallest absolute Gasteiger partial charge is 0.330 e. The molecule has 15 heavy (non-hydrogen) atoms. The quantitative estimate of drug-likeness (QED) is 0.567. The standard InChI is InChI=1S/C7H9N7O/c1-14-6-4(2-11-14)5(9-3-10-6)12-13-7(8)15/h2-3H,1H3,(H3,8,13,15)(H,9,10,12). The minimum absolute atomic E-state index is 0.451. The topological polar surface area (TPSA) is 111 Å². The van der Waals surface area contributed by atoms with Gasteiger partial charge in [-0.25, -0.2) is 14.8 Å². The van der Waals surface area contributed by atoms with Crippen molar-refractivity contribution >= 4 is 22.9 Å². The number of carbonyl (C=O) groups excluding carboxylic acids is 1. The van der Waals surface area contributed by atoms with E-state index in [1.807, 2.05) is 0 Å². The Labute approximate surface area is 84.5 Å². The van der Waals surface area contributed by atoms with Crippen LogP contribution in [0, 0.1) is 0 Å². The highest BCUT2D eigenvalue weighted by Gasteiger charge is 2.07. The molecule has 2 heterocycles. The highest BCUT2D eigenvalue weighted by molar-refractivity contribution is 5.86. The number of aromatic nitrogens is 4. The average Bonchev–Trinajstić information content (AvgIpc) is 2.58. The van der Waals surface area contributed by atoms with Crippen LogP contribution in [0.15, 0.2) is 12.5 Å². The third-order valence-corrected chi connectivity index (χ3v) is 1.83. The number of nitrogens with zero attached hydrogens (tertiary/aromatic N) is 4. The zero-order chi connectivity index (χ0) is 10.8. The molecule has 8 heteroatoms. The lowest BCUT2D eigenvalue weighted by Gasteiger charge is -2.04. The molecule has 4 N–H and O–H groups in total. The van der Waals surface area contributed by atoms with Gasteiger partial charge >= 0.3 is 6.03 Å². The van der Waals surface area contributed by atoms with E-state index in [4.69, 9.17) is 5.73 Å². The fraction of sp³-hybridized carbons (Fsp3) is 0.143. The van der Waals surface area contributed by atoms with E-state index in [2.05, 4.69) is 25.9 Å². The molecule has 2 aromatic heterocycles. The number of rotatable bonds is 2. The van der Waals surface area contributed by atoms with E-state index in [0.717, 1.165) is 0 Å². The van der Waals surface area contributed by atoms with Crippen LogP contribution in [-0.4, -0.2) is 25.8 Å². The lowest BCUT2D eigenvalue weighted by atomic mass is 10.4. The van der Waals surface area contributed by atoms with Crippen molar-refractivity contribution in [2.45, 2.75) is 0 Å². The van der Waals surface area contributed by atoms with Crippen LogP contribution in [0.3, 0.4) is 0 Å². The van der Waals surface area contributed by atoms with Crippen molar-refractivity contribution in [3.8, 4) is 0 Å². The summed E-state index contributed by atoms with van der Waals surface area (Å²) in [5.74, 6) is 0.451. The summed E-state index contributed by atoms with van der Waals surface area (Å²) in [5, 5.41) is 4.72. The number of aryl methyl sites for hydroxylation is 1. The Kier molecular flexibility index (Phi) is 2.08. The Morgan fingerprint density at radius 2 is 2.33 bits per heavy atom. The van der Waals surface area contributed by atoms with Crippen molar-refractivity contribution in [2.75, 3.05) is 5.43 Å². The monoisotopic (exact) mass is 207 g/mol. The SMILES string of the molecule is Cn1ncc2c(NNC(N)=O)ncnc21.